The van der Waals surface area contributed by atoms with Crippen LogP contribution in [0.2, 0.25) is 0 Å². The number of carbonyl (C=O) groups is 4. The third-order valence-corrected chi connectivity index (χ3v) is 7.50. The van der Waals surface area contributed by atoms with E-state index < -0.39 is 61.9 Å². The first-order valence-electron chi connectivity index (χ1n) is 12.3. The molecular formula is C27H31O12P. The van der Waals surface area contributed by atoms with Crippen molar-refractivity contribution in [3.63, 3.8) is 0 Å². The van der Waals surface area contributed by atoms with E-state index in [2.05, 4.69) is 0 Å². The number of hydrogen-bond acceptors (Lipinski definition) is 12. The van der Waals surface area contributed by atoms with Gasteiger partial charge >= 0.3 is 31.5 Å². The van der Waals surface area contributed by atoms with E-state index in [0.29, 0.717) is 11.1 Å². The van der Waals surface area contributed by atoms with Gasteiger partial charge in [-0.3, -0.25) is 23.7 Å². The summed E-state index contributed by atoms with van der Waals surface area (Å²) in [6, 6.07) is 17.5. The van der Waals surface area contributed by atoms with E-state index in [1.807, 2.05) is 0 Å². The molecule has 0 radical (unpaired) electrons. The van der Waals surface area contributed by atoms with Crippen LogP contribution in [-0.2, 0) is 69.7 Å². The Balaban J connectivity index is 2.09. The number of esters is 4. The van der Waals surface area contributed by atoms with Crippen molar-refractivity contribution >= 4 is 31.5 Å². The SMILES string of the molecule is CC(=O)O[C@H]1O[C@H](P(=O)(OCc2ccccc2)OCc2ccccc2)[C@@H](OC(C)=O)[C@H](OC(C)=O)[C@H]1OC(C)=O. The Labute approximate surface area is 231 Å². The molecular weight excluding hydrogens is 547 g/mol. The van der Waals surface area contributed by atoms with Crippen LogP contribution in [0.3, 0.4) is 0 Å². The number of rotatable bonds is 11. The van der Waals surface area contributed by atoms with Gasteiger partial charge in [0.2, 0.25) is 18.2 Å². The van der Waals surface area contributed by atoms with Crippen molar-refractivity contribution in [1.29, 1.82) is 0 Å². The van der Waals surface area contributed by atoms with Gasteiger partial charge in [0.15, 0.2) is 12.2 Å². The molecule has 1 heterocycles. The van der Waals surface area contributed by atoms with Crippen LogP contribution >= 0.6 is 7.60 Å². The predicted molar refractivity (Wildman–Crippen MR) is 137 cm³/mol. The molecule has 0 unspecified atom stereocenters. The zero-order chi connectivity index (χ0) is 29.3. The maximum atomic E-state index is 14.5. The van der Waals surface area contributed by atoms with Crippen molar-refractivity contribution in [2.75, 3.05) is 0 Å². The average molecular weight is 579 g/mol. The first kappa shape index (κ1) is 31.0. The summed E-state index contributed by atoms with van der Waals surface area (Å²) in [6.45, 7) is 3.87. The van der Waals surface area contributed by atoms with Gasteiger partial charge in [0.05, 0.1) is 13.2 Å². The summed E-state index contributed by atoms with van der Waals surface area (Å²) in [4.78, 5) is 48.1. The van der Waals surface area contributed by atoms with E-state index in [-0.39, 0.29) is 13.2 Å². The molecule has 0 saturated carbocycles. The minimum atomic E-state index is -4.48. The van der Waals surface area contributed by atoms with Crippen LogP contribution in [0.5, 0.6) is 0 Å². The molecule has 216 valence electrons. The van der Waals surface area contributed by atoms with E-state index in [1.165, 1.54) is 0 Å². The second-order valence-electron chi connectivity index (χ2n) is 8.78. The topological polar surface area (TPSA) is 150 Å². The molecule has 1 aliphatic rings. The first-order valence-corrected chi connectivity index (χ1v) is 13.9. The fourth-order valence-corrected chi connectivity index (χ4v) is 5.81. The highest BCUT2D eigenvalue weighted by atomic mass is 31.2. The lowest BCUT2D eigenvalue weighted by molar-refractivity contribution is -0.284. The van der Waals surface area contributed by atoms with Crippen molar-refractivity contribution in [2.24, 2.45) is 0 Å². The van der Waals surface area contributed by atoms with Crippen LogP contribution in [0, 0.1) is 0 Å². The zero-order valence-corrected chi connectivity index (χ0v) is 23.3. The Hall–Kier alpha value is -3.57. The van der Waals surface area contributed by atoms with Crippen molar-refractivity contribution in [1.82, 2.24) is 0 Å². The van der Waals surface area contributed by atoms with E-state index in [1.54, 1.807) is 60.7 Å². The second-order valence-corrected chi connectivity index (χ2v) is 10.9. The lowest BCUT2D eigenvalue weighted by Gasteiger charge is -2.44. The molecule has 12 nitrogen and oxygen atoms in total. The third-order valence-electron chi connectivity index (χ3n) is 5.48. The molecule has 0 N–H and O–H groups in total. The fourth-order valence-electron chi connectivity index (χ4n) is 3.93. The second kappa shape index (κ2) is 14.2. The van der Waals surface area contributed by atoms with Crippen LogP contribution in [0.25, 0.3) is 0 Å². The highest BCUT2D eigenvalue weighted by molar-refractivity contribution is 7.54. The molecule has 0 spiro atoms. The predicted octanol–water partition coefficient (Wildman–Crippen LogP) is 3.65. The lowest BCUT2D eigenvalue weighted by atomic mass is 10.0. The van der Waals surface area contributed by atoms with Crippen LogP contribution in [0.1, 0.15) is 38.8 Å². The van der Waals surface area contributed by atoms with Gasteiger partial charge in [-0.25, -0.2) is 0 Å². The number of carbonyl (C=O) groups excluding carboxylic acids is 4. The molecule has 40 heavy (non-hydrogen) atoms. The molecule has 2 aromatic rings. The van der Waals surface area contributed by atoms with Gasteiger partial charge < -0.3 is 32.7 Å². The van der Waals surface area contributed by atoms with Gasteiger partial charge in [0, 0.05) is 27.7 Å². The number of hydrogen-bond donors (Lipinski definition) is 0. The van der Waals surface area contributed by atoms with Gasteiger partial charge in [-0.1, -0.05) is 60.7 Å². The van der Waals surface area contributed by atoms with Crippen LogP contribution in [0.15, 0.2) is 60.7 Å². The molecule has 13 heteroatoms. The molecule has 0 bridgehead atoms. The van der Waals surface area contributed by atoms with Gasteiger partial charge in [0.25, 0.3) is 0 Å². The smallest absolute Gasteiger partial charge is 0.363 e. The van der Waals surface area contributed by atoms with Crippen LogP contribution in [0.4, 0.5) is 0 Å². The molecule has 1 saturated heterocycles. The highest BCUT2D eigenvalue weighted by Crippen LogP contribution is 2.59. The Morgan fingerprint density at radius 1 is 0.625 bits per heavy atom. The van der Waals surface area contributed by atoms with Crippen molar-refractivity contribution in [3.8, 4) is 0 Å². The maximum absolute atomic E-state index is 14.5. The zero-order valence-electron chi connectivity index (χ0n) is 22.4. The van der Waals surface area contributed by atoms with Crippen molar-refractivity contribution < 1.29 is 56.5 Å². The summed E-state index contributed by atoms with van der Waals surface area (Å²) >= 11 is 0. The quantitative estimate of drug-likeness (QED) is 0.217. The normalized spacial score (nSPS) is 22.6. The Morgan fingerprint density at radius 3 is 1.45 bits per heavy atom. The molecule has 0 amide bonds. The van der Waals surface area contributed by atoms with Gasteiger partial charge in [-0.15, -0.1) is 0 Å². The fraction of sp³-hybridized carbons (Fsp3) is 0.407. The number of ether oxygens (including phenoxy) is 5. The molecule has 0 aliphatic carbocycles. The lowest BCUT2D eigenvalue weighted by Crippen LogP contribution is -2.62. The standard InChI is InChI=1S/C27H31O12P/c1-17(28)35-23-24(36-18(2)29)26(38-20(4)31)39-27(25(23)37-19(3)30)40(32,33-15-21-11-7-5-8-12-21)34-16-22-13-9-6-10-14-22/h5-14,23-27H,15-16H2,1-4H3/t23-,24-,25+,26+,27-/m1/s1. The molecule has 3 rings (SSSR count). The van der Waals surface area contributed by atoms with E-state index in [9.17, 15) is 23.7 Å². The molecule has 1 fully saturated rings. The van der Waals surface area contributed by atoms with Crippen molar-refractivity contribution in [3.05, 3.63) is 71.8 Å². The van der Waals surface area contributed by atoms with Gasteiger partial charge in [-0.2, -0.15) is 0 Å². The number of benzene rings is 2. The summed E-state index contributed by atoms with van der Waals surface area (Å²) in [5.41, 5.74) is 1.27. The molecule has 5 atom stereocenters. The van der Waals surface area contributed by atoms with Crippen LogP contribution in [-0.4, -0.2) is 54.3 Å². The minimum Gasteiger partial charge on any atom is -0.455 e. The highest BCUT2D eigenvalue weighted by Gasteiger charge is 2.60. The Kier molecular flexibility index (Phi) is 11.0. The Bertz CT molecular complexity index is 1170. The van der Waals surface area contributed by atoms with E-state index in [0.717, 1.165) is 27.7 Å². The van der Waals surface area contributed by atoms with E-state index >= 15 is 0 Å². The van der Waals surface area contributed by atoms with Gasteiger partial charge in [0.1, 0.15) is 0 Å². The summed E-state index contributed by atoms with van der Waals surface area (Å²) in [5, 5.41) is 0. The van der Waals surface area contributed by atoms with Crippen LogP contribution < -0.4 is 0 Å². The summed E-state index contributed by atoms with van der Waals surface area (Å²) in [6.07, 6.45) is -6.57. The monoisotopic (exact) mass is 578 g/mol. The maximum Gasteiger partial charge on any atom is 0.363 e. The molecule has 1 aliphatic heterocycles. The van der Waals surface area contributed by atoms with E-state index in [4.69, 9.17) is 32.7 Å². The summed E-state index contributed by atoms with van der Waals surface area (Å²) in [5.74, 6) is -5.18. The molecule has 2 aromatic carbocycles. The minimum absolute atomic E-state index is 0.205. The average Bonchev–Trinajstić information content (AvgIpc) is 2.89. The first-order chi connectivity index (χ1) is 19.0. The summed E-state index contributed by atoms with van der Waals surface area (Å²) < 4.78 is 53.4. The summed E-state index contributed by atoms with van der Waals surface area (Å²) in [7, 11) is -4.48. The third kappa shape index (κ3) is 8.72. The molecule has 0 aromatic heterocycles. The van der Waals surface area contributed by atoms with Crippen molar-refractivity contribution in [2.45, 2.75) is 71.4 Å². The Morgan fingerprint density at radius 2 is 1.02 bits per heavy atom. The largest absolute Gasteiger partial charge is 0.455 e. The van der Waals surface area contributed by atoms with Gasteiger partial charge in [-0.05, 0) is 11.1 Å².